The Bertz CT molecular complexity index is 455. The molecule has 20 heavy (non-hydrogen) atoms. The number of esters is 1. The van der Waals surface area contributed by atoms with Crippen LogP contribution in [0.3, 0.4) is 0 Å². The first kappa shape index (κ1) is 17.6. The summed E-state index contributed by atoms with van der Waals surface area (Å²) in [5.41, 5.74) is -0.273. The SMILES string of the molecule is CCOC(=O)C(C)NC(=O)NC(=O)C(C)=C(C)C(=O)O. The van der Waals surface area contributed by atoms with E-state index in [1.807, 2.05) is 5.32 Å². The molecule has 0 saturated heterocycles. The van der Waals surface area contributed by atoms with Crippen molar-refractivity contribution < 1.29 is 29.0 Å². The van der Waals surface area contributed by atoms with Gasteiger partial charge >= 0.3 is 18.0 Å². The molecule has 0 aromatic heterocycles. The standard InChI is InChI=1S/C12H18N2O6/c1-5-20-11(18)8(4)13-12(19)14-9(15)6(2)7(3)10(16)17/h8H,5H2,1-4H3,(H,16,17)(H2,13,14,15,19). The van der Waals surface area contributed by atoms with E-state index in [9.17, 15) is 19.2 Å². The number of aliphatic carboxylic acids is 1. The second kappa shape index (κ2) is 7.93. The van der Waals surface area contributed by atoms with Crippen molar-refractivity contribution >= 4 is 23.9 Å². The number of urea groups is 1. The average Bonchev–Trinajstić information content (AvgIpc) is 2.36. The van der Waals surface area contributed by atoms with Crippen LogP contribution in [0, 0.1) is 0 Å². The zero-order chi connectivity index (χ0) is 15.9. The quantitative estimate of drug-likeness (QED) is 0.489. The fourth-order valence-electron chi connectivity index (χ4n) is 1.09. The monoisotopic (exact) mass is 286 g/mol. The van der Waals surface area contributed by atoms with Crippen LogP contribution in [0.5, 0.6) is 0 Å². The first-order valence-corrected chi connectivity index (χ1v) is 5.89. The third-order valence-electron chi connectivity index (χ3n) is 2.44. The van der Waals surface area contributed by atoms with Crippen molar-refractivity contribution in [2.45, 2.75) is 33.7 Å². The zero-order valence-corrected chi connectivity index (χ0v) is 11.8. The smallest absolute Gasteiger partial charge is 0.331 e. The highest BCUT2D eigenvalue weighted by Crippen LogP contribution is 2.03. The van der Waals surface area contributed by atoms with E-state index in [1.165, 1.54) is 20.8 Å². The highest BCUT2D eigenvalue weighted by molar-refractivity contribution is 6.07. The molecule has 0 aliphatic rings. The van der Waals surface area contributed by atoms with Crippen LogP contribution in [0.2, 0.25) is 0 Å². The molecule has 0 heterocycles. The van der Waals surface area contributed by atoms with Gasteiger partial charge in [-0.25, -0.2) is 14.4 Å². The topological polar surface area (TPSA) is 122 Å². The third-order valence-corrected chi connectivity index (χ3v) is 2.44. The molecule has 3 amide bonds. The maximum Gasteiger partial charge on any atom is 0.331 e. The molecule has 1 atom stereocenters. The molecule has 0 aliphatic carbocycles. The average molecular weight is 286 g/mol. The zero-order valence-electron chi connectivity index (χ0n) is 11.8. The molecule has 0 aromatic rings. The van der Waals surface area contributed by atoms with E-state index in [2.05, 4.69) is 10.1 Å². The van der Waals surface area contributed by atoms with Crippen LogP contribution >= 0.6 is 0 Å². The van der Waals surface area contributed by atoms with Gasteiger partial charge in [-0.2, -0.15) is 0 Å². The molecule has 1 unspecified atom stereocenters. The van der Waals surface area contributed by atoms with E-state index in [1.54, 1.807) is 6.92 Å². The third kappa shape index (κ3) is 5.51. The van der Waals surface area contributed by atoms with E-state index in [0.717, 1.165) is 0 Å². The molecular formula is C12H18N2O6. The van der Waals surface area contributed by atoms with Crippen LogP contribution in [0.25, 0.3) is 0 Å². The highest BCUT2D eigenvalue weighted by atomic mass is 16.5. The molecule has 112 valence electrons. The summed E-state index contributed by atoms with van der Waals surface area (Å²) in [6.45, 7) is 5.71. The van der Waals surface area contributed by atoms with Crippen molar-refractivity contribution in [3.05, 3.63) is 11.1 Å². The Kier molecular flexibility index (Phi) is 6.98. The number of carbonyl (C=O) groups excluding carboxylic acids is 3. The van der Waals surface area contributed by atoms with Gasteiger partial charge in [-0.3, -0.25) is 10.1 Å². The molecule has 3 N–H and O–H groups in total. The minimum Gasteiger partial charge on any atom is -0.478 e. The van der Waals surface area contributed by atoms with Gasteiger partial charge in [0.15, 0.2) is 0 Å². The first-order chi connectivity index (χ1) is 9.20. The largest absolute Gasteiger partial charge is 0.478 e. The Morgan fingerprint density at radius 1 is 1.15 bits per heavy atom. The minimum absolute atomic E-state index is 0.101. The minimum atomic E-state index is -1.25. The summed E-state index contributed by atoms with van der Waals surface area (Å²) in [7, 11) is 0. The van der Waals surface area contributed by atoms with Crippen molar-refractivity contribution in [1.82, 2.24) is 10.6 Å². The van der Waals surface area contributed by atoms with Gasteiger partial charge in [0, 0.05) is 11.1 Å². The van der Waals surface area contributed by atoms with Crippen LogP contribution < -0.4 is 10.6 Å². The Hall–Kier alpha value is -2.38. The fraction of sp³-hybridized carbons (Fsp3) is 0.500. The molecule has 0 fully saturated rings. The van der Waals surface area contributed by atoms with Crippen molar-refractivity contribution in [1.29, 1.82) is 0 Å². The van der Waals surface area contributed by atoms with Crippen LogP contribution in [0.1, 0.15) is 27.7 Å². The van der Waals surface area contributed by atoms with Crippen LogP contribution in [0.4, 0.5) is 4.79 Å². The van der Waals surface area contributed by atoms with Crippen molar-refractivity contribution in [3.63, 3.8) is 0 Å². The lowest BCUT2D eigenvalue weighted by molar-refractivity contribution is -0.145. The summed E-state index contributed by atoms with van der Waals surface area (Å²) in [4.78, 5) is 44.9. The van der Waals surface area contributed by atoms with E-state index in [-0.39, 0.29) is 17.8 Å². The predicted molar refractivity (Wildman–Crippen MR) is 68.8 cm³/mol. The number of nitrogens with one attached hydrogen (secondary N) is 2. The van der Waals surface area contributed by atoms with Gasteiger partial charge in [-0.1, -0.05) is 0 Å². The summed E-state index contributed by atoms with van der Waals surface area (Å²) in [5.74, 6) is -2.74. The van der Waals surface area contributed by atoms with Crippen LogP contribution in [-0.2, 0) is 19.1 Å². The Morgan fingerprint density at radius 3 is 2.15 bits per heavy atom. The first-order valence-electron chi connectivity index (χ1n) is 5.89. The Labute approximate surface area is 116 Å². The fourth-order valence-corrected chi connectivity index (χ4v) is 1.09. The molecular weight excluding hydrogens is 268 g/mol. The molecule has 0 saturated carbocycles. The normalized spacial score (nSPS) is 12.8. The van der Waals surface area contributed by atoms with Crippen LogP contribution in [0.15, 0.2) is 11.1 Å². The lowest BCUT2D eigenvalue weighted by Crippen LogP contribution is -2.47. The Morgan fingerprint density at radius 2 is 1.70 bits per heavy atom. The number of carbonyl (C=O) groups is 4. The summed E-state index contributed by atoms with van der Waals surface area (Å²) < 4.78 is 4.67. The summed E-state index contributed by atoms with van der Waals surface area (Å²) in [6.07, 6.45) is 0. The van der Waals surface area contributed by atoms with E-state index >= 15 is 0 Å². The lowest BCUT2D eigenvalue weighted by Gasteiger charge is -2.13. The van der Waals surface area contributed by atoms with Gasteiger partial charge in [0.25, 0.3) is 5.91 Å². The number of ether oxygens (including phenoxy) is 1. The van der Waals surface area contributed by atoms with Crippen LogP contribution in [-0.4, -0.2) is 41.6 Å². The number of amides is 3. The van der Waals surface area contributed by atoms with Gasteiger partial charge in [-0.15, -0.1) is 0 Å². The van der Waals surface area contributed by atoms with E-state index in [0.29, 0.717) is 0 Å². The highest BCUT2D eigenvalue weighted by Gasteiger charge is 2.19. The number of carboxylic acids is 1. The summed E-state index contributed by atoms with van der Waals surface area (Å²) in [6, 6.07) is -1.83. The second-order valence-corrected chi connectivity index (χ2v) is 3.96. The van der Waals surface area contributed by atoms with Crippen molar-refractivity contribution in [2.24, 2.45) is 0 Å². The molecule has 8 heteroatoms. The van der Waals surface area contributed by atoms with Crippen molar-refractivity contribution in [2.75, 3.05) is 6.61 Å². The van der Waals surface area contributed by atoms with Gasteiger partial charge in [0.05, 0.1) is 6.61 Å². The predicted octanol–water partition coefficient (Wildman–Crippen LogP) is 0.185. The van der Waals surface area contributed by atoms with Gasteiger partial charge in [0.2, 0.25) is 0 Å². The maximum absolute atomic E-state index is 11.6. The molecule has 0 rings (SSSR count). The summed E-state index contributed by atoms with van der Waals surface area (Å²) in [5, 5.41) is 12.8. The van der Waals surface area contributed by atoms with Gasteiger partial charge < -0.3 is 15.2 Å². The molecule has 8 nitrogen and oxygen atoms in total. The number of carboxylic acid groups (broad SMARTS) is 1. The van der Waals surface area contributed by atoms with E-state index < -0.39 is 29.9 Å². The maximum atomic E-state index is 11.6. The molecule has 0 aliphatic heterocycles. The molecule has 0 bridgehead atoms. The van der Waals surface area contributed by atoms with E-state index in [4.69, 9.17) is 5.11 Å². The van der Waals surface area contributed by atoms with Gasteiger partial charge in [0.1, 0.15) is 6.04 Å². The number of imide groups is 1. The number of hydrogen-bond donors (Lipinski definition) is 3. The molecule has 0 aromatic carbocycles. The molecule has 0 spiro atoms. The van der Waals surface area contributed by atoms with Gasteiger partial charge in [-0.05, 0) is 27.7 Å². The molecule has 0 radical (unpaired) electrons. The second-order valence-electron chi connectivity index (χ2n) is 3.96. The Balaban J connectivity index is 4.56. The number of rotatable bonds is 5. The lowest BCUT2D eigenvalue weighted by atomic mass is 10.1. The van der Waals surface area contributed by atoms with Crippen molar-refractivity contribution in [3.8, 4) is 0 Å². The number of hydrogen-bond acceptors (Lipinski definition) is 5. The summed E-state index contributed by atoms with van der Waals surface area (Å²) >= 11 is 0.